The summed E-state index contributed by atoms with van der Waals surface area (Å²) in [6.45, 7) is 4.33. The maximum atomic E-state index is 12.4. The van der Waals surface area contributed by atoms with Crippen molar-refractivity contribution in [1.82, 2.24) is 5.32 Å². The van der Waals surface area contributed by atoms with E-state index in [9.17, 15) is 15.0 Å². The summed E-state index contributed by atoms with van der Waals surface area (Å²) in [5.41, 5.74) is 0. The van der Waals surface area contributed by atoms with E-state index in [4.69, 9.17) is 0 Å². The van der Waals surface area contributed by atoms with E-state index in [1.807, 2.05) is 6.08 Å². The summed E-state index contributed by atoms with van der Waals surface area (Å²) < 4.78 is 0. The van der Waals surface area contributed by atoms with Crippen molar-refractivity contribution in [3.05, 3.63) is 24.3 Å². The molecule has 0 heterocycles. The van der Waals surface area contributed by atoms with Crippen molar-refractivity contribution >= 4 is 5.91 Å². The van der Waals surface area contributed by atoms with Gasteiger partial charge >= 0.3 is 0 Å². The van der Waals surface area contributed by atoms with Crippen LogP contribution in [0.1, 0.15) is 277 Å². The van der Waals surface area contributed by atoms with Crippen LogP contribution in [0.25, 0.3) is 0 Å². The number of hydrogen-bond donors (Lipinski definition) is 3. The average molecular weight is 774 g/mol. The van der Waals surface area contributed by atoms with Gasteiger partial charge in [0.15, 0.2) is 0 Å². The van der Waals surface area contributed by atoms with E-state index in [-0.39, 0.29) is 12.5 Å². The molecule has 4 nitrogen and oxygen atoms in total. The van der Waals surface area contributed by atoms with E-state index in [0.29, 0.717) is 6.42 Å². The molecule has 2 unspecified atom stereocenters. The Hall–Kier alpha value is -1.13. The molecule has 0 aliphatic carbocycles. The number of allylic oxidation sites excluding steroid dienone is 3. The standard InChI is InChI=1S/C51H99NO3/c1-3-5-7-9-11-13-15-17-19-21-23-24-25-26-27-29-30-32-34-36-38-40-42-44-46-50(54)49(48-53)52-51(55)47-45-43-41-39-37-35-33-31-28-22-20-18-16-14-12-10-8-6-4-2/h36,38,44,46,49-50,53-54H,3-35,37,39-43,45,47-48H2,1-2H3,(H,52,55)/b38-36+,46-44+. The molecular weight excluding hydrogens is 675 g/mol. The third-order valence-corrected chi connectivity index (χ3v) is 11.7. The highest BCUT2D eigenvalue weighted by molar-refractivity contribution is 5.76. The van der Waals surface area contributed by atoms with Crippen LogP contribution < -0.4 is 5.32 Å². The fourth-order valence-corrected chi connectivity index (χ4v) is 7.84. The molecule has 4 heteroatoms. The molecule has 0 aliphatic heterocycles. The molecule has 0 aromatic carbocycles. The van der Waals surface area contributed by atoms with Gasteiger partial charge in [-0.25, -0.2) is 0 Å². The number of unbranched alkanes of at least 4 members (excludes halogenated alkanes) is 37. The summed E-state index contributed by atoms with van der Waals surface area (Å²) in [4.78, 5) is 12.4. The van der Waals surface area contributed by atoms with Crippen LogP contribution in [-0.2, 0) is 4.79 Å². The van der Waals surface area contributed by atoms with Crippen LogP contribution in [0.5, 0.6) is 0 Å². The number of aliphatic hydroxyl groups excluding tert-OH is 2. The molecule has 0 bridgehead atoms. The summed E-state index contributed by atoms with van der Waals surface area (Å²) in [7, 11) is 0. The van der Waals surface area contributed by atoms with Crippen LogP contribution in [0.4, 0.5) is 0 Å². The quantitative estimate of drug-likeness (QED) is 0.0426. The zero-order chi connectivity index (χ0) is 40.0. The van der Waals surface area contributed by atoms with Gasteiger partial charge in [0, 0.05) is 6.42 Å². The first kappa shape index (κ1) is 53.9. The normalized spacial score (nSPS) is 13.0. The highest BCUT2D eigenvalue weighted by Crippen LogP contribution is 2.17. The van der Waals surface area contributed by atoms with Crippen LogP contribution in [-0.4, -0.2) is 34.9 Å². The van der Waals surface area contributed by atoms with Crippen LogP contribution in [0.2, 0.25) is 0 Å². The van der Waals surface area contributed by atoms with Crippen LogP contribution in [0.15, 0.2) is 24.3 Å². The van der Waals surface area contributed by atoms with E-state index < -0.39 is 12.1 Å². The van der Waals surface area contributed by atoms with Gasteiger partial charge in [-0.3, -0.25) is 4.79 Å². The number of rotatable bonds is 46. The minimum absolute atomic E-state index is 0.0685. The number of hydrogen-bond acceptors (Lipinski definition) is 3. The van der Waals surface area contributed by atoms with Gasteiger partial charge < -0.3 is 15.5 Å². The van der Waals surface area contributed by atoms with E-state index >= 15 is 0 Å². The first-order valence-electron chi connectivity index (χ1n) is 25.1. The van der Waals surface area contributed by atoms with Gasteiger partial charge in [0.1, 0.15) is 0 Å². The Kier molecular flexibility index (Phi) is 46.3. The second-order valence-corrected chi connectivity index (χ2v) is 17.2. The maximum Gasteiger partial charge on any atom is 0.220 e. The topological polar surface area (TPSA) is 69.6 Å². The fraction of sp³-hybridized carbons (Fsp3) is 0.902. The van der Waals surface area contributed by atoms with Crippen LogP contribution in [0, 0.1) is 0 Å². The molecule has 0 saturated carbocycles. The summed E-state index contributed by atoms with van der Waals surface area (Å²) in [6, 6.07) is -0.635. The molecule has 0 aromatic heterocycles. The number of amides is 1. The van der Waals surface area contributed by atoms with Gasteiger partial charge in [-0.05, 0) is 32.1 Å². The molecule has 55 heavy (non-hydrogen) atoms. The molecule has 1 amide bonds. The Morgan fingerprint density at radius 2 is 0.709 bits per heavy atom. The van der Waals surface area contributed by atoms with Gasteiger partial charge in [-0.1, -0.05) is 263 Å². The van der Waals surface area contributed by atoms with Crippen LogP contribution in [0.3, 0.4) is 0 Å². The number of aliphatic hydroxyl groups is 2. The monoisotopic (exact) mass is 774 g/mol. The van der Waals surface area contributed by atoms with Crippen molar-refractivity contribution in [2.24, 2.45) is 0 Å². The van der Waals surface area contributed by atoms with Crippen molar-refractivity contribution in [2.45, 2.75) is 289 Å². The zero-order valence-corrected chi connectivity index (χ0v) is 37.5. The predicted octanol–water partition coefficient (Wildman–Crippen LogP) is 16.0. The molecule has 0 aliphatic rings. The van der Waals surface area contributed by atoms with Gasteiger partial charge in [0.2, 0.25) is 5.91 Å². The fourth-order valence-electron chi connectivity index (χ4n) is 7.84. The maximum absolute atomic E-state index is 12.4. The van der Waals surface area contributed by atoms with Crippen molar-refractivity contribution in [1.29, 1.82) is 0 Å². The number of carbonyl (C=O) groups excluding carboxylic acids is 1. The van der Waals surface area contributed by atoms with E-state index in [0.717, 1.165) is 32.1 Å². The lowest BCUT2D eigenvalue weighted by Crippen LogP contribution is -2.45. The summed E-state index contributed by atoms with van der Waals surface area (Å²) in [5, 5.41) is 23.1. The lowest BCUT2D eigenvalue weighted by atomic mass is 10.0. The van der Waals surface area contributed by atoms with E-state index in [1.54, 1.807) is 6.08 Å². The molecule has 0 rings (SSSR count). The minimum Gasteiger partial charge on any atom is -0.394 e. The number of carbonyl (C=O) groups is 1. The Morgan fingerprint density at radius 1 is 0.418 bits per heavy atom. The SMILES string of the molecule is CCCCCCCCCCCCCCCCCCCC/C=C/CC/C=C/C(O)C(CO)NC(=O)CCCCCCCCCCCCCCCCCCCCC. The first-order chi connectivity index (χ1) is 27.2. The summed E-state index contributed by atoms with van der Waals surface area (Å²) in [5.74, 6) is -0.0685. The largest absolute Gasteiger partial charge is 0.394 e. The summed E-state index contributed by atoms with van der Waals surface area (Å²) >= 11 is 0. The summed E-state index contributed by atoms with van der Waals surface area (Å²) in [6.07, 6.45) is 61.7. The van der Waals surface area contributed by atoms with Crippen molar-refractivity contribution in [3.8, 4) is 0 Å². The minimum atomic E-state index is -0.859. The molecule has 0 spiro atoms. The van der Waals surface area contributed by atoms with E-state index in [2.05, 4.69) is 31.3 Å². The van der Waals surface area contributed by atoms with Gasteiger partial charge in [-0.2, -0.15) is 0 Å². The third kappa shape index (κ3) is 43.8. The highest BCUT2D eigenvalue weighted by Gasteiger charge is 2.17. The molecule has 0 fully saturated rings. The molecule has 2 atom stereocenters. The average Bonchev–Trinajstić information content (AvgIpc) is 3.19. The van der Waals surface area contributed by atoms with Gasteiger partial charge in [0.25, 0.3) is 0 Å². The predicted molar refractivity (Wildman–Crippen MR) is 244 cm³/mol. The Bertz CT molecular complexity index is 795. The van der Waals surface area contributed by atoms with Crippen molar-refractivity contribution in [3.63, 3.8) is 0 Å². The molecule has 3 N–H and O–H groups in total. The third-order valence-electron chi connectivity index (χ3n) is 11.7. The Labute approximate surface area is 345 Å². The number of nitrogens with one attached hydrogen (secondary N) is 1. The second-order valence-electron chi connectivity index (χ2n) is 17.2. The smallest absolute Gasteiger partial charge is 0.220 e. The lowest BCUT2D eigenvalue weighted by Gasteiger charge is -2.19. The molecule has 0 saturated heterocycles. The second kappa shape index (κ2) is 47.2. The van der Waals surface area contributed by atoms with Crippen molar-refractivity contribution in [2.75, 3.05) is 6.61 Å². The van der Waals surface area contributed by atoms with Gasteiger partial charge in [-0.15, -0.1) is 0 Å². The lowest BCUT2D eigenvalue weighted by molar-refractivity contribution is -0.123. The molecule has 0 aromatic rings. The van der Waals surface area contributed by atoms with E-state index in [1.165, 1.54) is 225 Å². The molecule has 326 valence electrons. The Morgan fingerprint density at radius 3 is 1.05 bits per heavy atom. The highest BCUT2D eigenvalue weighted by atomic mass is 16.3. The first-order valence-corrected chi connectivity index (χ1v) is 25.1. The zero-order valence-electron chi connectivity index (χ0n) is 37.5. The van der Waals surface area contributed by atoms with Crippen molar-refractivity contribution < 1.29 is 15.0 Å². The van der Waals surface area contributed by atoms with Crippen LogP contribution >= 0.6 is 0 Å². The molecule has 0 radical (unpaired) electrons. The Balaban J connectivity index is 3.53. The molecular formula is C51H99NO3. The van der Waals surface area contributed by atoms with Gasteiger partial charge in [0.05, 0.1) is 18.8 Å².